The summed E-state index contributed by atoms with van der Waals surface area (Å²) >= 11 is 11.8. The van der Waals surface area contributed by atoms with Crippen molar-refractivity contribution in [2.24, 2.45) is 0 Å². The number of nitrogens with one attached hydrogen (secondary N) is 1. The molecule has 106 valence electrons. The van der Waals surface area contributed by atoms with E-state index in [-0.39, 0.29) is 22.0 Å². The molecule has 0 aliphatic heterocycles. The molecule has 1 amide bonds. The summed E-state index contributed by atoms with van der Waals surface area (Å²) in [5.74, 6) is -0.198. The molecule has 4 nitrogen and oxygen atoms in total. The highest BCUT2D eigenvalue weighted by atomic mass is 35.5. The molecule has 0 aromatic heterocycles. The van der Waals surface area contributed by atoms with Gasteiger partial charge in [0.05, 0.1) is 15.7 Å². The van der Waals surface area contributed by atoms with Gasteiger partial charge in [0.15, 0.2) is 0 Å². The van der Waals surface area contributed by atoms with Crippen LogP contribution in [0.15, 0.2) is 12.1 Å². The minimum absolute atomic E-state index is 0.0746. The number of carbonyl (C=O) groups is 1. The molecule has 0 radical (unpaired) electrons. The van der Waals surface area contributed by atoms with Crippen molar-refractivity contribution in [2.75, 3.05) is 26.4 Å². The Morgan fingerprint density at radius 2 is 2.05 bits per heavy atom. The highest BCUT2D eigenvalue weighted by Gasteiger charge is 2.13. The van der Waals surface area contributed by atoms with Crippen LogP contribution in [0, 0.1) is 0 Å². The second-order valence-electron chi connectivity index (χ2n) is 4.83. The van der Waals surface area contributed by atoms with Crippen LogP contribution in [0.2, 0.25) is 10.0 Å². The topological polar surface area (TPSA) is 58.4 Å². The quantitative estimate of drug-likeness (QED) is 0.822. The highest BCUT2D eigenvalue weighted by molar-refractivity contribution is 6.43. The van der Waals surface area contributed by atoms with E-state index in [2.05, 4.69) is 10.2 Å². The number of halogens is 2. The van der Waals surface area contributed by atoms with E-state index in [9.17, 15) is 4.79 Å². The summed E-state index contributed by atoms with van der Waals surface area (Å²) in [5.41, 5.74) is 6.41. The summed E-state index contributed by atoms with van der Waals surface area (Å²) in [4.78, 5) is 14.1. The number of hydrogen-bond acceptors (Lipinski definition) is 3. The standard InChI is InChI=1S/C13H19Cl2N3O/c1-8(4-5-18(2)3)17-13(19)9-6-10(14)12(15)11(16)7-9/h6-8H,4-5,16H2,1-3H3,(H,17,19). The molecule has 1 aromatic carbocycles. The number of anilines is 1. The molecule has 0 aliphatic carbocycles. The molecule has 0 bridgehead atoms. The van der Waals surface area contributed by atoms with Gasteiger partial charge < -0.3 is 16.0 Å². The fourth-order valence-corrected chi connectivity index (χ4v) is 1.91. The third-order valence-corrected chi connectivity index (χ3v) is 3.52. The lowest BCUT2D eigenvalue weighted by atomic mass is 10.1. The SMILES string of the molecule is CC(CCN(C)C)NC(=O)c1cc(N)c(Cl)c(Cl)c1. The number of nitrogens with zero attached hydrogens (tertiary/aromatic N) is 1. The number of benzene rings is 1. The van der Waals surface area contributed by atoms with E-state index < -0.39 is 0 Å². The van der Waals surface area contributed by atoms with Crippen LogP contribution in [0.3, 0.4) is 0 Å². The van der Waals surface area contributed by atoms with Gasteiger partial charge in [-0.15, -0.1) is 0 Å². The number of nitrogen functional groups attached to an aromatic ring is 1. The first-order chi connectivity index (χ1) is 8.81. The van der Waals surface area contributed by atoms with E-state index in [1.54, 1.807) is 0 Å². The number of carbonyl (C=O) groups excluding carboxylic acids is 1. The van der Waals surface area contributed by atoms with Gasteiger partial charge in [-0.3, -0.25) is 4.79 Å². The Morgan fingerprint density at radius 1 is 1.42 bits per heavy atom. The first-order valence-electron chi connectivity index (χ1n) is 6.01. The summed E-state index contributed by atoms with van der Waals surface area (Å²) < 4.78 is 0. The third kappa shape index (κ3) is 4.90. The normalized spacial score (nSPS) is 12.5. The van der Waals surface area contributed by atoms with Crippen LogP contribution in [-0.2, 0) is 0 Å². The van der Waals surface area contributed by atoms with E-state index in [1.807, 2.05) is 21.0 Å². The zero-order valence-corrected chi connectivity index (χ0v) is 12.8. The Morgan fingerprint density at radius 3 is 2.58 bits per heavy atom. The van der Waals surface area contributed by atoms with E-state index in [4.69, 9.17) is 28.9 Å². The average molecular weight is 304 g/mol. The summed E-state index contributed by atoms with van der Waals surface area (Å²) in [6.45, 7) is 2.87. The molecule has 1 rings (SSSR count). The molecule has 0 fully saturated rings. The van der Waals surface area contributed by atoms with Gasteiger partial charge in [0.2, 0.25) is 0 Å². The predicted molar refractivity (Wildman–Crippen MR) is 81.0 cm³/mol. The lowest BCUT2D eigenvalue weighted by Gasteiger charge is -2.17. The smallest absolute Gasteiger partial charge is 0.251 e. The summed E-state index contributed by atoms with van der Waals surface area (Å²) in [6.07, 6.45) is 0.871. The van der Waals surface area contributed by atoms with Crippen molar-refractivity contribution in [3.63, 3.8) is 0 Å². The van der Waals surface area contributed by atoms with Crippen LogP contribution in [-0.4, -0.2) is 37.5 Å². The van der Waals surface area contributed by atoms with Gasteiger partial charge in [0.1, 0.15) is 0 Å². The van der Waals surface area contributed by atoms with E-state index in [1.165, 1.54) is 12.1 Å². The Hall–Kier alpha value is -0.970. The van der Waals surface area contributed by atoms with E-state index in [0.717, 1.165) is 13.0 Å². The molecule has 0 heterocycles. The maximum atomic E-state index is 12.0. The van der Waals surface area contributed by atoms with Crippen LogP contribution >= 0.6 is 23.2 Å². The van der Waals surface area contributed by atoms with Crippen LogP contribution in [0.25, 0.3) is 0 Å². The largest absolute Gasteiger partial charge is 0.397 e. The first-order valence-corrected chi connectivity index (χ1v) is 6.77. The maximum Gasteiger partial charge on any atom is 0.251 e. The Balaban J connectivity index is 2.68. The van der Waals surface area contributed by atoms with Crippen molar-refractivity contribution >= 4 is 34.8 Å². The minimum atomic E-state index is -0.198. The zero-order valence-electron chi connectivity index (χ0n) is 11.3. The predicted octanol–water partition coefficient (Wildman–Crippen LogP) is 2.65. The summed E-state index contributed by atoms with van der Waals surface area (Å²) in [6, 6.07) is 3.13. The van der Waals surface area contributed by atoms with Crippen molar-refractivity contribution in [3.8, 4) is 0 Å². The summed E-state index contributed by atoms with van der Waals surface area (Å²) in [5, 5.41) is 3.46. The molecule has 0 spiro atoms. The third-order valence-electron chi connectivity index (χ3n) is 2.71. The number of hydrogen-bond donors (Lipinski definition) is 2. The van der Waals surface area contributed by atoms with E-state index >= 15 is 0 Å². The van der Waals surface area contributed by atoms with Gasteiger partial charge in [0.25, 0.3) is 5.91 Å². The van der Waals surface area contributed by atoms with Crippen LogP contribution < -0.4 is 11.1 Å². The number of amides is 1. The zero-order chi connectivity index (χ0) is 14.6. The Labute approximate surface area is 123 Å². The van der Waals surface area contributed by atoms with E-state index in [0.29, 0.717) is 11.3 Å². The minimum Gasteiger partial charge on any atom is -0.397 e. The van der Waals surface area contributed by atoms with Gasteiger partial charge in [-0.2, -0.15) is 0 Å². The molecule has 0 saturated carbocycles. The number of rotatable bonds is 5. The van der Waals surface area contributed by atoms with Crippen molar-refractivity contribution < 1.29 is 4.79 Å². The van der Waals surface area contributed by atoms with Crippen molar-refractivity contribution in [2.45, 2.75) is 19.4 Å². The lowest BCUT2D eigenvalue weighted by Crippen LogP contribution is -2.34. The molecular weight excluding hydrogens is 285 g/mol. The molecule has 6 heteroatoms. The molecule has 1 atom stereocenters. The second-order valence-corrected chi connectivity index (χ2v) is 5.61. The van der Waals surface area contributed by atoms with Crippen LogP contribution in [0.5, 0.6) is 0 Å². The summed E-state index contributed by atoms with van der Waals surface area (Å²) in [7, 11) is 3.99. The van der Waals surface area contributed by atoms with Gasteiger partial charge in [-0.05, 0) is 46.1 Å². The average Bonchev–Trinajstić information content (AvgIpc) is 2.32. The molecule has 19 heavy (non-hydrogen) atoms. The van der Waals surface area contributed by atoms with Crippen molar-refractivity contribution in [1.82, 2.24) is 10.2 Å². The number of nitrogens with two attached hydrogens (primary N) is 1. The molecular formula is C13H19Cl2N3O. The second kappa shape index (κ2) is 6.98. The molecule has 3 N–H and O–H groups in total. The van der Waals surface area contributed by atoms with Crippen LogP contribution in [0.1, 0.15) is 23.7 Å². The Kier molecular flexibility index (Phi) is 5.91. The molecule has 1 aromatic rings. The molecule has 1 unspecified atom stereocenters. The van der Waals surface area contributed by atoms with Gasteiger partial charge in [-0.25, -0.2) is 0 Å². The fraction of sp³-hybridized carbons (Fsp3) is 0.462. The first kappa shape index (κ1) is 16.1. The molecule has 0 aliphatic rings. The van der Waals surface area contributed by atoms with Crippen LogP contribution in [0.4, 0.5) is 5.69 Å². The fourth-order valence-electron chi connectivity index (χ4n) is 1.57. The maximum absolute atomic E-state index is 12.0. The van der Waals surface area contributed by atoms with Gasteiger partial charge >= 0.3 is 0 Å². The lowest BCUT2D eigenvalue weighted by molar-refractivity contribution is 0.0937. The molecule has 0 saturated heterocycles. The monoisotopic (exact) mass is 303 g/mol. The van der Waals surface area contributed by atoms with Gasteiger partial charge in [0, 0.05) is 11.6 Å². The van der Waals surface area contributed by atoms with Gasteiger partial charge in [-0.1, -0.05) is 23.2 Å². The van der Waals surface area contributed by atoms with Crippen molar-refractivity contribution in [3.05, 3.63) is 27.7 Å². The highest BCUT2D eigenvalue weighted by Crippen LogP contribution is 2.29. The van der Waals surface area contributed by atoms with Crippen molar-refractivity contribution in [1.29, 1.82) is 0 Å². The Bertz CT molecular complexity index is 440.